The Kier molecular flexibility index (Phi) is 5.18. The van der Waals surface area contributed by atoms with Crippen LogP contribution in [0.5, 0.6) is 0 Å². The first-order chi connectivity index (χ1) is 14.2. The first-order valence-electron chi connectivity index (χ1n) is 10.7. The molecule has 1 aromatic heterocycles. The highest BCUT2D eigenvalue weighted by atomic mass is 32.2. The number of piperazine rings is 1. The van der Waals surface area contributed by atoms with Crippen molar-refractivity contribution in [1.29, 1.82) is 0 Å². The second-order valence-corrected chi connectivity index (χ2v) is 9.30. The number of anilines is 1. The summed E-state index contributed by atoms with van der Waals surface area (Å²) in [4.78, 5) is 16.0. The number of aliphatic imine (C=N–C) groups is 1. The zero-order chi connectivity index (χ0) is 19.8. The summed E-state index contributed by atoms with van der Waals surface area (Å²) in [6.45, 7) is 12.2. The molecule has 1 aromatic carbocycles. The first kappa shape index (κ1) is 18.9. The third-order valence-corrected chi connectivity index (χ3v) is 7.09. The van der Waals surface area contributed by atoms with Crippen LogP contribution >= 0.6 is 11.8 Å². The van der Waals surface area contributed by atoms with Crippen LogP contribution in [0.1, 0.15) is 36.5 Å². The standard InChI is InChI=1S/C24H28N4S/c1-3-19-6-4-8-21-22(19)17(2)29-24(26-21)20-7-5-11-25-23(20)28-14-12-27(13-15-28)16-18-9-10-18/h4-8,11,18H,2-3,9-10,12-16H2,1H3. The molecule has 5 heteroatoms. The van der Waals surface area contributed by atoms with E-state index in [0.29, 0.717) is 0 Å². The van der Waals surface area contributed by atoms with Gasteiger partial charge in [0.25, 0.3) is 0 Å². The van der Waals surface area contributed by atoms with Gasteiger partial charge in [0.1, 0.15) is 10.9 Å². The summed E-state index contributed by atoms with van der Waals surface area (Å²) in [5.41, 5.74) is 4.69. The molecule has 2 aliphatic heterocycles. The molecule has 0 bridgehead atoms. The summed E-state index contributed by atoms with van der Waals surface area (Å²) in [5, 5.41) is 1.01. The molecule has 1 saturated carbocycles. The SMILES string of the molecule is C=C1SC(c2cccnc2N2CCN(CC3CC3)CC2)=Nc2cccc(CC)c21. The van der Waals surface area contributed by atoms with Gasteiger partial charge >= 0.3 is 0 Å². The highest BCUT2D eigenvalue weighted by Gasteiger charge is 2.28. The third kappa shape index (κ3) is 3.86. The molecule has 0 N–H and O–H groups in total. The molecule has 3 heterocycles. The number of fused-ring (bicyclic) bond motifs is 1. The zero-order valence-corrected chi connectivity index (χ0v) is 17.9. The molecule has 4 nitrogen and oxygen atoms in total. The lowest BCUT2D eigenvalue weighted by molar-refractivity contribution is 0.247. The van der Waals surface area contributed by atoms with Gasteiger partial charge in [0, 0.05) is 55.0 Å². The molecule has 29 heavy (non-hydrogen) atoms. The average Bonchev–Trinajstić information content (AvgIpc) is 3.58. The van der Waals surface area contributed by atoms with Crippen molar-refractivity contribution in [3.63, 3.8) is 0 Å². The van der Waals surface area contributed by atoms with Crippen LogP contribution in [-0.4, -0.2) is 47.7 Å². The number of rotatable bonds is 5. The Morgan fingerprint density at radius 2 is 1.93 bits per heavy atom. The second kappa shape index (κ2) is 7.96. The molecule has 150 valence electrons. The highest BCUT2D eigenvalue weighted by Crippen LogP contribution is 2.44. The fraction of sp³-hybridized carbons (Fsp3) is 0.417. The molecule has 1 saturated heterocycles. The average molecular weight is 405 g/mol. The van der Waals surface area contributed by atoms with E-state index >= 15 is 0 Å². The molecule has 2 aromatic rings. The minimum Gasteiger partial charge on any atom is -0.353 e. The fourth-order valence-corrected chi connectivity index (χ4v) is 5.32. The van der Waals surface area contributed by atoms with Gasteiger partial charge in [-0.25, -0.2) is 9.98 Å². The van der Waals surface area contributed by atoms with Gasteiger partial charge in [-0.3, -0.25) is 4.90 Å². The number of aromatic nitrogens is 1. The normalized spacial score (nSPS) is 19.8. The van der Waals surface area contributed by atoms with E-state index in [9.17, 15) is 0 Å². The molecule has 2 fully saturated rings. The van der Waals surface area contributed by atoms with Gasteiger partial charge in [-0.15, -0.1) is 0 Å². The molecule has 0 amide bonds. The maximum absolute atomic E-state index is 5.03. The minimum atomic E-state index is 0.957. The molecule has 5 rings (SSSR count). The molecule has 0 unspecified atom stereocenters. The third-order valence-electron chi connectivity index (χ3n) is 6.13. The lowest BCUT2D eigenvalue weighted by Crippen LogP contribution is -2.47. The van der Waals surface area contributed by atoms with E-state index in [1.807, 2.05) is 12.3 Å². The summed E-state index contributed by atoms with van der Waals surface area (Å²) in [5.74, 6) is 2.02. The smallest absolute Gasteiger partial charge is 0.138 e. The van der Waals surface area contributed by atoms with Crippen LogP contribution in [0.4, 0.5) is 11.5 Å². The predicted octanol–water partition coefficient (Wildman–Crippen LogP) is 4.97. The quantitative estimate of drug-likeness (QED) is 0.704. The van der Waals surface area contributed by atoms with Gasteiger partial charge in [-0.05, 0) is 48.9 Å². The Morgan fingerprint density at radius 1 is 1.10 bits per heavy atom. The van der Waals surface area contributed by atoms with Crippen LogP contribution in [-0.2, 0) is 6.42 Å². The van der Waals surface area contributed by atoms with Crippen molar-refractivity contribution in [3.8, 4) is 0 Å². The highest BCUT2D eigenvalue weighted by molar-refractivity contribution is 8.22. The first-order valence-corrected chi connectivity index (χ1v) is 11.5. The van der Waals surface area contributed by atoms with E-state index in [1.54, 1.807) is 11.8 Å². The van der Waals surface area contributed by atoms with Crippen molar-refractivity contribution in [2.45, 2.75) is 26.2 Å². The van der Waals surface area contributed by atoms with Crippen LogP contribution in [0, 0.1) is 5.92 Å². The van der Waals surface area contributed by atoms with Crippen LogP contribution in [0.2, 0.25) is 0 Å². The lowest BCUT2D eigenvalue weighted by Gasteiger charge is -2.36. The molecule has 0 spiro atoms. The Morgan fingerprint density at radius 3 is 2.69 bits per heavy atom. The summed E-state index contributed by atoms with van der Waals surface area (Å²) >= 11 is 1.69. The van der Waals surface area contributed by atoms with Gasteiger partial charge in [0.15, 0.2) is 0 Å². The van der Waals surface area contributed by atoms with Crippen molar-refractivity contribution in [2.75, 3.05) is 37.6 Å². The predicted molar refractivity (Wildman–Crippen MR) is 124 cm³/mol. The number of thioether (sulfide) groups is 1. The summed E-state index contributed by atoms with van der Waals surface area (Å²) < 4.78 is 0. The summed E-state index contributed by atoms with van der Waals surface area (Å²) in [6, 6.07) is 10.6. The number of benzene rings is 1. The molecule has 1 aliphatic carbocycles. The maximum atomic E-state index is 5.03. The molecule has 0 radical (unpaired) electrons. The Labute approximate surface area is 177 Å². The van der Waals surface area contributed by atoms with Gasteiger partial charge in [0.05, 0.1) is 5.69 Å². The van der Waals surface area contributed by atoms with Crippen LogP contribution in [0.25, 0.3) is 4.91 Å². The van der Waals surface area contributed by atoms with E-state index in [2.05, 4.69) is 47.6 Å². The molecular weight excluding hydrogens is 376 g/mol. The number of aryl methyl sites for hydroxylation is 1. The van der Waals surface area contributed by atoms with Crippen LogP contribution < -0.4 is 4.90 Å². The Balaban J connectivity index is 1.42. The largest absolute Gasteiger partial charge is 0.353 e. The Hall–Kier alpha value is -2.11. The molecular formula is C24H28N4S. The van der Waals surface area contributed by atoms with Crippen molar-refractivity contribution < 1.29 is 0 Å². The summed E-state index contributed by atoms with van der Waals surface area (Å²) in [6.07, 6.45) is 5.75. The number of nitrogens with zero attached hydrogens (tertiary/aromatic N) is 4. The lowest BCUT2D eigenvalue weighted by atomic mass is 10.0. The van der Waals surface area contributed by atoms with E-state index in [0.717, 1.165) is 65.5 Å². The molecule has 0 atom stereocenters. The summed E-state index contributed by atoms with van der Waals surface area (Å²) in [7, 11) is 0. The van der Waals surface area contributed by atoms with E-state index < -0.39 is 0 Å². The van der Waals surface area contributed by atoms with Gasteiger partial charge in [-0.1, -0.05) is 37.4 Å². The van der Waals surface area contributed by atoms with E-state index in [4.69, 9.17) is 9.98 Å². The van der Waals surface area contributed by atoms with Crippen LogP contribution in [0.15, 0.2) is 48.1 Å². The van der Waals surface area contributed by atoms with E-state index in [1.165, 1.54) is 30.5 Å². The van der Waals surface area contributed by atoms with Crippen molar-refractivity contribution in [1.82, 2.24) is 9.88 Å². The zero-order valence-electron chi connectivity index (χ0n) is 17.1. The Bertz CT molecular complexity index is 955. The fourth-order valence-electron chi connectivity index (χ4n) is 4.34. The number of hydrogen-bond donors (Lipinski definition) is 0. The maximum Gasteiger partial charge on any atom is 0.138 e. The van der Waals surface area contributed by atoms with Gasteiger partial charge in [0.2, 0.25) is 0 Å². The van der Waals surface area contributed by atoms with Crippen molar-refractivity contribution in [3.05, 3.63) is 59.8 Å². The van der Waals surface area contributed by atoms with Gasteiger partial charge in [-0.2, -0.15) is 0 Å². The number of pyridine rings is 1. The van der Waals surface area contributed by atoms with Crippen LogP contribution in [0.3, 0.4) is 0 Å². The topological polar surface area (TPSA) is 31.7 Å². The minimum absolute atomic E-state index is 0.957. The van der Waals surface area contributed by atoms with Crippen molar-refractivity contribution in [2.24, 2.45) is 10.9 Å². The monoisotopic (exact) mass is 404 g/mol. The second-order valence-electron chi connectivity index (χ2n) is 8.21. The number of hydrogen-bond acceptors (Lipinski definition) is 5. The molecule has 3 aliphatic rings. The van der Waals surface area contributed by atoms with Crippen molar-refractivity contribution >= 4 is 33.2 Å². The van der Waals surface area contributed by atoms with E-state index in [-0.39, 0.29) is 0 Å². The van der Waals surface area contributed by atoms with Gasteiger partial charge < -0.3 is 4.90 Å².